The molecule has 1 aliphatic heterocycles. The van der Waals surface area contributed by atoms with E-state index in [0.29, 0.717) is 6.04 Å². The van der Waals surface area contributed by atoms with Crippen LogP contribution in [0.25, 0.3) is 0 Å². The maximum atomic E-state index is 3.52. The van der Waals surface area contributed by atoms with Gasteiger partial charge in [0.25, 0.3) is 0 Å². The van der Waals surface area contributed by atoms with E-state index in [1.807, 2.05) is 0 Å². The van der Waals surface area contributed by atoms with Gasteiger partial charge in [0.2, 0.25) is 0 Å². The predicted octanol–water partition coefficient (Wildman–Crippen LogP) is 3.28. The lowest BCUT2D eigenvalue weighted by Crippen LogP contribution is -2.37. The smallest absolute Gasteiger partial charge is 0.00790 e. The number of likely N-dealkylation sites (tertiary alicyclic amines) is 1. The molecule has 102 valence electrons. The van der Waals surface area contributed by atoms with E-state index >= 15 is 0 Å². The second kappa shape index (κ2) is 8.10. The maximum absolute atomic E-state index is 3.52. The van der Waals surface area contributed by atoms with Gasteiger partial charge in [-0.1, -0.05) is 27.2 Å². The van der Waals surface area contributed by atoms with E-state index in [1.54, 1.807) is 0 Å². The Morgan fingerprint density at radius 3 is 2.59 bits per heavy atom. The molecule has 0 bridgehead atoms. The number of hydrogen-bond donors (Lipinski definition) is 1. The zero-order valence-corrected chi connectivity index (χ0v) is 12.3. The van der Waals surface area contributed by atoms with Crippen LogP contribution in [-0.2, 0) is 0 Å². The SMILES string of the molecule is CCC1CCCN(C(C)CCNC(C)C)CC1. The van der Waals surface area contributed by atoms with Crippen LogP contribution < -0.4 is 5.32 Å². The lowest BCUT2D eigenvalue weighted by atomic mass is 9.98. The van der Waals surface area contributed by atoms with Gasteiger partial charge in [-0.2, -0.15) is 0 Å². The summed E-state index contributed by atoms with van der Waals surface area (Å²) in [5.74, 6) is 0.987. The van der Waals surface area contributed by atoms with Crippen LogP contribution in [0, 0.1) is 5.92 Å². The minimum atomic E-state index is 0.621. The van der Waals surface area contributed by atoms with Crippen LogP contribution in [0.15, 0.2) is 0 Å². The second-order valence-electron chi connectivity index (χ2n) is 5.99. The normalized spacial score (nSPS) is 24.9. The minimum absolute atomic E-state index is 0.621. The van der Waals surface area contributed by atoms with Gasteiger partial charge in [0.05, 0.1) is 0 Å². The summed E-state index contributed by atoms with van der Waals surface area (Å²) in [6.07, 6.45) is 6.93. The van der Waals surface area contributed by atoms with Crippen molar-refractivity contribution in [1.82, 2.24) is 10.2 Å². The van der Waals surface area contributed by atoms with E-state index in [4.69, 9.17) is 0 Å². The molecule has 0 aromatic rings. The third kappa shape index (κ3) is 5.87. The molecule has 2 nitrogen and oxygen atoms in total. The van der Waals surface area contributed by atoms with Crippen molar-refractivity contribution in [2.75, 3.05) is 19.6 Å². The van der Waals surface area contributed by atoms with Crippen LogP contribution in [0.5, 0.6) is 0 Å². The van der Waals surface area contributed by atoms with Gasteiger partial charge >= 0.3 is 0 Å². The summed E-state index contributed by atoms with van der Waals surface area (Å²) in [7, 11) is 0. The molecule has 1 aliphatic rings. The quantitative estimate of drug-likeness (QED) is 0.766. The van der Waals surface area contributed by atoms with E-state index in [1.165, 1.54) is 45.2 Å². The number of hydrogen-bond acceptors (Lipinski definition) is 2. The molecule has 17 heavy (non-hydrogen) atoms. The Balaban J connectivity index is 2.24. The highest BCUT2D eigenvalue weighted by atomic mass is 15.1. The van der Waals surface area contributed by atoms with Gasteiger partial charge < -0.3 is 10.2 Å². The van der Waals surface area contributed by atoms with Crippen molar-refractivity contribution in [2.24, 2.45) is 5.92 Å². The number of nitrogens with zero attached hydrogens (tertiary/aromatic N) is 1. The predicted molar refractivity (Wildman–Crippen MR) is 76.4 cm³/mol. The number of rotatable bonds is 6. The van der Waals surface area contributed by atoms with Gasteiger partial charge in [-0.05, 0) is 58.2 Å². The lowest BCUT2D eigenvalue weighted by molar-refractivity contribution is 0.203. The minimum Gasteiger partial charge on any atom is -0.314 e. The molecule has 0 amide bonds. The van der Waals surface area contributed by atoms with Crippen LogP contribution in [0.3, 0.4) is 0 Å². The molecule has 1 N–H and O–H groups in total. The standard InChI is InChI=1S/C15H32N2/c1-5-15-7-6-11-17(12-9-15)14(4)8-10-16-13(2)3/h13-16H,5-12H2,1-4H3. The zero-order chi connectivity index (χ0) is 12.7. The molecule has 0 saturated carbocycles. The molecule has 0 spiro atoms. The van der Waals surface area contributed by atoms with Crippen LogP contribution in [0.1, 0.15) is 59.8 Å². The van der Waals surface area contributed by atoms with Gasteiger partial charge in [-0.15, -0.1) is 0 Å². The summed E-state index contributed by atoms with van der Waals surface area (Å²) in [6, 6.07) is 1.37. The van der Waals surface area contributed by atoms with Crippen molar-refractivity contribution in [2.45, 2.75) is 71.9 Å². The highest BCUT2D eigenvalue weighted by Crippen LogP contribution is 2.21. The summed E-state index contributed by atoms with van der Waals surface area (Å²) in [5, 5.41) is 3.52. The fourth-order valence-electron chi connectivity index (χ4n) is 2.80. The Bertz CT molecular complexity index is 191. The van der Waals surface area contributed by atoms with Crippen molar-refractivity contribution in [3.05, 3.63) is 0 Å². The van der Waals surface area contributed by atoms with Gasteiger partial charge in [0.1, 0.15) is 0 Å². The Labute approximate surface area is 108 Å². The largest absolute Gasteiger partial charge is 0.314 e. The van der Waals surface area contributed by atoms with Crippen LogP contribution in [-0.4, -0.2) is 36.6 Å². The van der Waals surface area contributed by atoms with Crippen molar-refractivity contribution in [3.8, 4) is 0 Å². The molecular formula is C15H32N2. The molecule has 0 aromatic heterocycles. The topological polar surface area (TPSA) is 15.3 Å². The first-order valence-electron chi connectivity index (χ1n) is 7.61. The monoisotopic (exact) mass is 240 g/mol. The van der Waals surface area contributed by atoms with Gasteiger partial charge in [-0.25, -0.2) is 0 Å². The molecule has 0 aromatic carbocycles. The van der Waals surface area contributed by atoms with Crippen molar-refractivity contribution < 1.29 is 0 Å². The molecule has 2 unspecified atom stereocenters. The molecule has 0 aliphatic carbocycles. The van der Waals surface area contributed by atoms with E-state index in [2.05, 4.69) is 37.9 Å². The van der Waals surface area contributed by atoms with Crippen molar-refractivity contribution >= 4 is 0 Å². The summed E-state index contributed by atoms with van der Waals surface area (Å²) >= 11 is 0. The maximum Gasteiger partial charge on any atom is 0.00790 e. The number of nitrogens with one attached hydrogen (secondary N) is 1. The average Bonchev–Trinajstić information content (AvgIpc) is 2.53. The van der Waals surface area contributed by atoms with Gasteiger partial charge in [0, 0.05) is 12.1 Å². The summed E-state index contributed by atoms with van der Waals surface area (Å²) in [4.78, 5) is 2.71. The first kappa shape index (κ1) is 15.0. The van der Waals surface area contributed by atoms with Gasteiger partial charge in [-0.3, -0.25) is 0 Å². The lowest BCUT2D eigenvalue weighted by Gasteiger charge is -2.28. The Morgan fingerprint density at radius 2 is 1.94 bits per heavy atom. The highest BCUT2D eigenvalue weighted by molar-refractivity contribution is 4.74. The molecule has 2 heteroatoms. The summed E-state index contributed by atoms with van der Waals surface area (Å²) in [5.41, 5.74) is 0. The fourth-order valence-corrected chi connectivity index (χ4v) is 2.80. The van der Waals surface area contributed by atoms with Crippen molar-refractivity contribution in [1.29, 1.82) is 0 Å². The van der Waals surface area contributed by atoms with E-state index < -0.39 is 0 Å². The Morgan fingerprint density at radius 1 is 1.18 bits per heavy atom. The van der Waals surface area contributed by atoms with Crippen LogP contribution in [0.2, 0.25) is 0 Å². The first-order valence-corrected chi connectivity index (χ1v) is 7.61. The van der Waals surface area contributed by atoms with E-state index in [9.17, 15) is 0 Å². The molecule has 1 fully saturated rings. The van der Waals surface area contributed by atoms with E-state index in [-0.39, 0.29) is 0 Å². The van der Waals surface area contributed by atoms with Crippen LogP contribution >= 0.6 is 0 Å². The second-order valence-corrected chi connectivity index (χ2v) is 5.99. The molecule has 1 rings (SSSR count). The molecule has 2 atom stereocenters. The first-order chi connectivity index (χ1) is 8.13. The molecule has 1 heterocycles. The summed E-state index contributed by atoms with van der Waals surface area (Å²) < 4.78 is 0. The molecule has 1 saturated heterocycles. The fraction of sp³-hybridized carbons (Fsp3) is 1.00. The third-order valence-electron chi connectivity index (χ3n) is 4.20. The van der Waals surface area contributed by atoms with Gasteiger partial charge in [0.15, 0.2) is 0 Å². The summed E-state index contributed by atoms with van der Waals surface area (Å²) in [6.45, 7) is 13.0. The Hall–Kier alpha value is -0.0800. The molecular weight excluding hydrogens is 208 g/mol. The average molecular weight is 240 g/mol. The van der Waals surface area contributed by atoms with Crippen LogP contribution in [0.4, 0.5) is 0 Å². The van der Waals surface area contributed by atoms with Crippen molar-refractivity contribution in [3.63, 3.8) is 0 Å². The third-order valence-corrected chi connectivity index (χ3v) is 4.20. The zero-order valence-electron chi connectivity index (χ0n) is 12.3. The highest BCUT2D eigenvalue weighted by Gasteiger charge is 2.19. The Kier molecular flexibility index (Phi) is 7.14. The van der Waals surface area contributed by atoms with E-state index in [0.717, 1.165) is 18.5 Å². The molecule has 0 radical (unpaired) electrons.